The van der Waals surface area contributed by atoms with Crippen molar-refractivity contribution < 1.29 is 27.9 Å². The quantitative estimate of drug-likeness (QED) is 0.366. The van der Waals surface area contributed by atoms with Crippen molar-refractivity contribution in [2.24, 2.45) is 0 Å². The number of aromatic carboxylic acids is 1. The van der Waals surface area contributed by atoms with Crippen LogP contribution >= 0.6 is 0 Å². The van der Waals surface area contributed by atoms with Crippen LogP contribution in [0.15, 0.2) is 47.4 Å². The zero-order valence-electron chi connectivity index (χ0n) is 20.8. The van der Waals surface area contributed by atoms with E-state index < -0.39 is 16.0 Å². The Morgan fingerprint density at radius 1 is 1.14 bits per heavy atom. The van der Waals surface area contributed by atoms with E-state index in [4.69, 9.17) is 4.74 Å². The summed E-state index contributed by atoms with van der Waals surface area (Å²) in [6.07, 6.45) is 0.558. The Morgan fingerprint density at radius 3 is 2.44 bits per heavy atom. The number of carboxylic acids is 1. The van der Waals surface area contributed by atoms with Gasteiger partial charge >= 0.3 is 5.97 Å². The van der Waals surface area contributed by atoms with Gasteiger partial charge in [0.05, 0.1) is 0 Å². The maximum atomic E-state index is 13.3. The second kappa shape index (κ2) is 10.9. The van der Waals surface area contributed by atoms with Gasteiger partial charge in [-0.25, -0.2) is 22.6 Å². The summed E-state index contributed by atoms with van der Waals surface area (Å²) in [5, 5.41) is 16.2. The Balaban J connectivity index is 2.07. The maximum absolute atomic E-state index is 13.3. The maximum Gasteiger partial charge on any atom is 0.356 e. The zero-order chi connectivity index (χ0) is 26.6. The number of hydrogen-bond acceptors (Lipinski definition) is 6. The molecule has 1 atom stereocenters. The second-order valence-corrected chi connectivity index (χ2v) is 10.0. The molecule has 0 unspecified atom stereocenters. The minimum atomic E-state index is -4.07. The second-order valence-electron chi connectivity index (χ2n) is 8.36. The van der Waals surface area contributed by atoms with Gasteiger partial charge < -0.3 is 15.2 Å². The molecule has 36 heavy (non-hydrogen) atoms. The van der Waals surface area contributed by atoms with Gasteiger partial charge in [-0.2, -0.15) is 5.10 Å². The predicted molar refractivity (Wildman–Crippen MR) is 135 cm³/mol. The zero-order valence-corrected chi connectivity index (χ0v) is 21.6. The Hall–Kier alpha value is -3.70. The van der Waals surface area contributed by atoms with E-state index in [-0.39, 0.29) is 45.4 Å². The monoisotopic (exact) mass is 514 g/mol. The van der Waals surface area contributed by atoms with E-state index >= 15 is 0 Å². The molecule has 3 N–H and O–H groups in total. The van der Waals surface area contributed by atoms with Gasteiger partial charge in [-0.05, 0) is 63.9 Å². The molecule has 0 aliphatic rings. The fourth-order valence-electron chi connectivity index (χ4n) is 3.50. The van der Waals surface area contributed by atoms with E-state index in [0.717, 1.165) is 5.56 Å². The number of aryl methyl sites for hydroxylation is 2. The fourth-order valence-corrected chi connectivity index (χ4v) is 4.98. The summed E-state index contributed by atoms with van der Waals surface area (Å²) >= 11 is 0. The van der Waals surface area contributed by atoms with Crippen molar-refractivity contribution in [2.75, 3.05) is 5.32 Å². The SMILES string of the molecule is CC[C@H](C)NS(=O)(=O)c1cc(NC(=O)c2ccccc2C)ccc1Oc1c(C)c(C(=O)O)nn1CC. The van der Waals surface area contributed by atoms with Crippen molar-refractivity contribution in [3.05, 3.63) is 64.8 Å². The summed E-state index contributed by atoms with van der Waals surface area (Å²) in [6, 6.07) is 11.0. The molecule has 0 radical (unpaired) electrons. The van der Waals surface area contributed by atoms with Gasteiger partial charge in [-0.15, -0.1) is 0 Å². The lowest BCUT2D eigenvalue weighted by molar-refractivity contribution is 0.0688. The number of nitrogens with zero attached hydrogens (tertiary/aromatic N) is 2. The van der Waals surface area contributed by atoms with Crippen LogP contribution < -0.4 is 14.8 Å². The van der Waals surface area contributed by atoms with Crippen molar-refractivity contribution in [3.8, 4) is 11.6 Å². The molecule has 11 heteroatoms. The highest BCUT2D eigenvalue weighted by molar-refractivity contribution is 7.89. The van der Waals surface area contributed by atoms with Crippen LogP contribution in [0.1, 0.15) is 59.2 Å². The summed E-state index contributed by atoms with van der Waals surface area (Å²) in [5.74, 6) is -1.52. The number of hydrogen-bond donors (Lipinski definition) is 3. The summed E-state index contributed by atoms with van der Waals surface area (Å²) in [5.41, 5.74) is 1.57. The number of rotatable bonds is 10. The Kier molecular flexibility index (Phi) is 8.16. The molecule has 192 valence electrons. The lowest BCUT2D eigenvalue weighted by atomic mass is 10.1. The molecule has 0 fully saturated rings. The molecule has 1 amide bonds. The van der Waals surface area contributed by atoms with Crippen molar-refractivity contribution in [1.29, 1.82) is 0 Å². The molecule has 0 saturated carbocycles. The highest BCUT2D eigenvalue weighted by Crippen LogP contribution is 2.34. The first-order valence-corrected chi connectivity index (χ1v) is 13.0. The highest BCUT2D eigenvalue weighted by atomic mass is 32.2. The molecular weight excluding hydrogens is 484 g/mol. The number of ether oxygens (including phenoxy) is 1. The van der Waals surface area contributed by atoms with Gasteiger partial charge in [-0.1, -0.05) is 25.1 Å². The van der Waals surface area contributed by atoms with Crippen LogP contribution in [0.2, 0.25) is 0 Å². The number of anilines is 1. The smallest absolute Gasteiger partial charge is 0.356 e. The summed E-state index contributed by atoms with van der Waals surface area (Å²) in [6.45, 7) is 9.00. The normalized spacial score (nSPS) is 12.2. The van der Waals surface area contributed by atoms with Crippen molar-refractivity contribution in [3.63, 3.8) is 0 Å². The van der Waals surface area contributed by atoms with Gasteiger partial charge in [0.15, 0.2) is 5.69 Å². The third kappa shape index (κ3) is 5.74. The topological polar surface area (TPSA) is 140 Å². The number of benzene rings is 2. The molecule has 2 aromatic carbocycles. The Labute approximate surface area is 210 Å². The van der Waals surface area contributed by atoms with Crippen LogP contribution in [-0.4, -0.2) is 41.2 Å². The molecule has 10 nitrogen and oxygen atoms in total. The van der Waals surface area contributed by atoms with Gasteiger partial charge in [0.25, 0.3) is 5.91 Å². The average molecular weight is 515 g/mol. The first-order valence-electron chi connectivity index (χ1n) is 11.5. The molecule has 0 spiro atoms. The van der Waals surface area contributed by atoms with Crippen LogP contribution in [0, 0.1) is 13.8 Å². The number of carbonyl (C=O) groups excluding carboxylic acids is 1. The molecule has 3 aromatic rings. The van der Waals surface area contributed by atoms with Gasteiger partial charge in [0.2, 0.25) is 15.9 Å². The third-order valence-electron chi connectivity index (χ3n) is 5.69. The first kappa shape index (κ1) is 26.9. The number of sulfonamides is 1. The Morgan fingerprint density at radius 2 is 1.83 bits per heavy atom. The van der Waals surface area contributed by atoms with E-state index in [2.05, 4.69) is 15.1 Å². The predicted octanol–water partition coefficient (Wildman–Crippen LogP) is 4.34. The average Bonchev–Trinajstić information content (AvgIpc) is 3.15. The van der Waals surface area contributed by atoms with Crippen LogP contribution in [-0.2, 0) is 16.6 Å². The van der Waals surface area contributed by atoms with E-state index in [1.54, 1.807) is 32.9 Å². The molecule has 0 saturated heterocycles. The van der Waals surface area contributed by atoms with Crippen LogP contribution in [0.5, 0.6) is 11.6 Å². The van der Waals surface area contributed by atoms with E-state index in [1.165, 1.54) is 22.9 Å². The van der Waals surface area contributed by atoms with Crippen LogP contribution in [0.3, 0.4) is 0 Å². The number of nitrogens with one attached hydrogen (secondary N) is 2. The van der Waals surface area contributed by atoms with Crippen molar-refractivity contribution in [1.82, 2.24) is 14.5 Å². The lowest BCUT2D eigenvalue weighted by Crippen LogP contribution is -2.32. The molecular formula is C25H30N4O6S. The van der Waals surface area contributed by atoms with Crippen molar-refractivity contribution in [2.45, 2.75) is 58.5 Å². The summed E-state index contributed by atoms with van der Waals surface area (Å²) < 4.78 is 36.5. The largest absolute Gasteiger partial charge is 0.476 e. The summed E-state index contributed by atoms with van der Waals surface area (Å²) in [7, 11) is -4.07. The number of carbonyl (C=O) groups is 2. The number of amides is 1. The summed E-state index contributed by atoms with van der Waals surface area (Å²) in [4.78, 5) is 24.2. The minimum absolute atomic E-state index is 0.0330. The van der Waals surface area contributed by atoms with E-state index in [0.29, 0.717) is 18.5 Å². The van der Waals surface area contributed by atoms with E-state index in [9.17, 15) is 23.1 Å². The number of carboxylic acid groups (broad SMARTS) is 1. The van der Waals surface area contributed by atoms with Gasteiger partial charge in [-0.3, -0.25) is 4.79 Å². The van der Waals surface area contributed by atoms with Crippen LogP contribution in [0.4, 0.5) is 5.69 Å². The highest BCUT2D eigenvalue weighted by Gasteiger charge is 2.26. The first-order chi connectivity index (χ1) is 17.0. The molecule has 3 rings (SSSR count). The standard InChI is InChI=1S/C25H30N4O6S/c1-6-16(4)28-36(33,34)21-14-18(26-23(30)19-11-9-8-10-15(19)3)12-13-20(21)35-24-17(5)22(25(31)32)27-29(24)7-2/h8-14,16,28H,6-7H2,1-5H3,(H,26,30)(H,31,32)/t16-/m0/s1. The van der Waals surface area contributed by atoms with Gasteiger partial charge in [0, 0.05) is 29.4 Å². The Bertz CT molecular complexity index is 1400. The molecule has 0 aliphatic carbocycles. The minimum Gasteiger partial charge on any atom is -0.476 e. The molecule has 0 bridgehead atoms. The van der Waals surface area contributed by atoms with Crippen molar-refractivity contribution >= 4 is 27.6 Å². The third-order valence-corrected chi connectivity index (χ3v) is 7.30. The molecule has 1 aromatic heterocycles. The number of aromatic nitrogens is 2. The van der Waals surface area contributed by atoms with Crippen LogP contribution in [0.25, 0.3) is 0 Å². The van der Waals surface area contributed by atoms with Gasteiger partial charge in [0.1, 0.15) is 10.6 Å². The fraction of sp³-hybridized carbons (Fsp3) is 0.320. The lowest BCUT2D eigenvalue weighted by Gasteiger charge is -2.17. The van der Waals surface area contributed by atoms with E-state index in [1.807, 2.05) is 26.0 Å². The molecule has 1 heterocycles. The molecule has 0 aliphatic heterocycles.